The molecule has 0 bridgehead atoms. The van der Waals surface area contributed by atoms with Crippen molar-refractivity contribution in [1.82, 2.24) is 19.9 Å². The molecule has 0 aromatic carbocycles. The second kappa shape index (κ2) is 7.21. The molecule has 1 amide bonds. The number of aromatic nitrogens is 3. The summed E-state index contributed by atoms with van der Waals surface area (Å²) in [6.45, 7) is 1.27. The van der Waals surface area contributed by atoms with Gasteiger partial charge in [-0.25, -0.2) is 4.98 Å². The summed E-state index contributed by atoms with van der Waals surface area (Å²) >= 11 is 1.57. The highest BCUT2D eigenvalue weighted by Gasteiger charge is 2.27. The van der Waals surface area contributed by atoms with Crippen molar-refractivity contribution in [2.24, 2.45) is 0 Å². The Hall–Kier alpha value is -2.80. The van der Waals surface area contributed by atoms with Gasteiger partial charge in [0.1, 0.15) is 5.82 Å². The zero-order chi connectivity index (χ0) is 17.9. The lowest BCUT2D eigenvalue weighted by atomic mass is 9.96. The van der Waals surface area contributed by atoms with Crippen LogP contribution in [-0.2, 0) is 0 Å². The number of nitrogens with zero attached hydrogens (tertiary/aromatic N) is 3. The summed E-state index contributed by atoms with van der Waals surface area (Å²) in [6, 6.07) is 6.93. The molecule has 3 aromatic rings. The van der Waals surface area contributed by atoms with E-state index >= 15 is 0 Å². The molecule has 1 aliphatic rings. The number of likely N-dealkylation sites (tertiary alicyclic amines) is 1. The van der Waals surface area contributed by atoms with Crippen LogP contribution in [-0.4, -0.2) is 38.8 Å². The number of H-pyrrole nitrogens is 1. The highest BCUT2D eigenvalue weighted by Crippen LogP contribution is 2.27. The van der Waals surface area contributed by atoms with Crippen LogP contribution in [0.2, 0.25) is 0 Å². The molecule has 0 saturated carbocycles. The van der Waals surface area contributed by atoms with Gasteiger partial charge in [-0.15, -0.1) is 0 Å². The highest BCUT2D eigenvalue weighted by molar-refractivity contribution is 7.08. The first kappa shape index (κ1) is 16.7. The summed E-state index contributed by atoms with van der Waals surface area (Å²) in [5, 5.41) is 3.94. The molecular weight excluding hydrogens is 348 g/mol. The van der Waals surface area contributed by atoms with Gasteiger partial charge in [-0.2, -0.15) is 11.3 Å². The van der Waals surface area contributed by atoms with Crippen molar-refractivity contribution < 1.29 is 4.79 Å². The third kappa shape index (κ3) is 3.43. The van der Waals surface area contributed by atoms with Gasteiger partial charge in [-0.3, -0.25) is 14.6 Å². The summed E-state index contributed by atoms with van der Waals surface area (Å²) < 4.78 is 0. The van der Waals surface area contributed by atoms with Crippen molar-refractivity contribution >= 4 is 17.2 Å². The fourth-order valence-corrected chi connectivity index (χ4v) is 3.94. The summed E-state index contributed by atoms with van der Waals surface area (Å²) in [5.41, 5.74) is 2.10. The van der Waals surface area contributed by atoms with Gasteiger partial charge >= 0.3 is 0 Å². The van der Waals surface area contributed by atoms with Crippen LogP contribution < -0.4 is 5.56 Å². The zero-order valence-corrected chi connectivity index (χ0v) is 14.9. The minimum Gasteiger partial charge on any atom is -0.338 e. The molecule has 1 N–H and O–H groups in total. The van der Waals surface area contributed by atoms with Gasteiger partial charge in [0.15, 0.2) is 0 Å². The van der Waals surface area contributed by atoms with Crippen LogP contribution in [0.1, 0.15) is 34.9 Å². The summed E-state index contributed by atoms with van der Waals surface area (Å²) in [6.07, 6.45) is 5.03. The number of carbonyl (C=O) groups excluding carboxylic acids is 1. The van der Waals surface area contributed by atoms with Crippen molar-refractivity contribution in [3.63, 3.8) is 0 Å². The van der Waals surface area contributed by atoms with Gasteiger partial charge in [0.2, 0.25) is 0 Å². The van der Waals surface area contributed by atoms with Gasteiger partial charge in [-0.1, -0.05) is 0 Å². The van der Waals surface area contributed by atoms with Crippen LogP contribution in [0.4, 0.5) is 0 Å². The number of pyridine rings is 1. The molecule has 1 aliphatic heterocycles. The molecule has 0 spiro atoms. The maximum absolute atomic E-state index is 12.7. The SMILES string of the molecule is O=C(c1ccncc1)N1CCC[C@H](c2nc(-c3ccsc3)cc(=O)[nH]2)C1. The molecule has 1 atom stereocenters. The van der Waals surface area contributed by atoms with Crippen LogP contribution in [0.3, 0.4) is 0 Å². The van der Waals surface area contributed by atoms with Crippen LogP contribution in [0, 0.1) is 0 Å². The van der Waals surface area contributed by atoms with Gasteiger partial charge in [0.25, 0.3) is 11.5 Å². The number of amides is 1. The van der Waals surface area contributed by atoms with Crippen LogP contribution >= 0.6 is 11.3 Å². The van der Waals surface area contributed by atoms with E-state index in [4.69, 9.17) is 0 Å². The monoisotopic (exact) mass is 366 g/mol. The van der Waals surface area contributed by atoms with Crippen LogP contribution in [0.25, 0.3) is 11.3 Å². The highest BCUT2D eigenvalue weighted by atomic mass is 32.1. The summed E-state index contributed by atoms with van der Waals surface area (Å²) in [4.78, 5) is 38.1. The average Bonchev–Trinajstić information content (AvgIpc) is 3.23. The van der Waals surface area contributed by atoms with Crippen LogP contribution in [0.15, 0.2) is 52.2 Å². The van der Waals surface area contributed by atoms with E-state index in [0.29, 0.717) is 30.2 Å². The third-order valence-electron chi connectivity index (χ3n) is 4.60. The molecule has 26 heavy (non-hydrogen) atoms. The summed E-state index contributed by atoms with van der Waals surface area (Å²) in [7, 11) is 0. The molecule has 4 rings (SSSR count). The Kier molecular flexibility index (Phi) is 4.62. The first-order valence-electron chi connectivity index (χ1n) is 8.54. The topological polar surface area (TPSA) is 79.0 Å². The van der Waals surface area contributed by atoms with Gasteiger partial charge in [0, 0.05) is 54.0 Å². The number of carbonyl (C=O) groups is 1. The number of piperidine rings is 1. The van der Waals surface area contributed by atoms with Crippen molar-refractivity contribution in [1.29, 1.82) is 0 Å². The quantitative estimate of drug-likeness (QED) is 0.773. The molecule has 0 aliphatic carbocycles. The molecule has 0 unspecified atom stereocenters. The number of aromatic amines is 1. The van der Waals surface area contributed by atoms with E-state index in [0.717, 1.165) is 18.4 Å². The molecule has 132 valence electrons. The van der Waals surface area contributed by atoms with E-state index in [1.54, 1.807) is 35.9 Å². The largest absolute Gasteiger partial charge is 0.338 e. The fourth-order valence-electron chi connectivity index (χ4n) is 3.29. The molecular formula is C19H18N4O2S. The summed E-state index contributed by atoms with van der Waals surface area (Å²) in [5.74, 6) is 0.681. The first-order valence-corrected chi connectivity index (χ1v) is 9.48. The first-order chi connectivity index (χ1) is 12.7. The Morgan fingerprint density at radius 3 is 2.88 bits per heavy atom. The number of rotatable bonds is 3. The van der Waals surface area contributed by atoms with Gasteiger partial charge in [0.05, 0.1) is 5.69 Å². The lowest BCUT2D eigenvalue weighted by molar-refractivity contribution is 0.0704. The van der Waals surface area contributed by atoms with Crippen molar-refractivity contribution in [3.05, 3.63) is 69.2 Å². The Balaban J connectivity index is 1.58. The molecule has 6 nitrogen and oxygen atoms in total. The normalized spacial score (nSPS) is 17.2. The Morgan fingerprint density at radius 1 is 1.27 bits per heavy atom. The average molecular weight is 366 g/mol. The van der Waals surface area contributed by atoms with E-state index in [9.17, 15) is 9.59 Å². The Bertz CT molecular complexity index is 953. The number of hydrogen-bond donors (Lipinski definition) is 1. The lowest BCUT2D eigenvalue weighted by Crippen LogP contribution is -2.39. The van der Waals surface area contributed by atoms with E-state index in [2.05, 4.69) is 15.0 Å². The number of nitrogens with one attached hydrogen (secondary N) is 1. The minimum atomic E-state index is -0.159. The second-order valence-electron chi connectivity index (χ2n) is 6.35. The van der Waals surface area contributed by atoms with Crippen molar-refractivity contribution in [2.45, 2.75) is 18.8 Å². The molecule has 3 aromatic heterocycles. The number of hydrogen-bond acceptors (Lipinski definition) is 5. The Morgan fingerprint density at radius 2 is 2.12 bits per heavy atom. The van der Waals surface area contributed by atoms with Crippen LogP contribution in [0.5, 0.6) is 0 Å². The van der Waals surface area contributed by atoms with E-state index < -0.39 is 0 Å². The molecule has 1 fully saturated rings. The van der Waals surface area contributed by atoms with Crippen molar-refractivity contribution in [2.75, 3.05) is 13.1 Å². The predicted molar refractivity (Wildman–Crippen MR) is 100 cm³/mol. The maximum Gasteiger partial charge on any atom is 0.253 e. The maximum atomic E-state index is 12.7. The fraction of sp³-hybridized carbons (Fsp3) is 0.263. The van der Waals surface area contributed by atoms with Crippen molar-refractivity contribution in [3.8, 4) is 11.3 Å². The van der Waals surface area contributed by atoms with E-state index in [1.165, 1.54) is 6.07 Å². The van der Waals surface area contributed by atoms with E-state index in [-0.39, 0.29) is 17.4 Å². The number of thiophene rings is 1. The predicted octanol–water partition coefficient (Wildman–Crippen LogP) is 2.91. The van der Waals surface area contributed by atoms with Gasteiger partial charge < -0.3 is 9.88 Å². The molecule has 7 heteroatoms. The molecule has 4 heterocycles. The van der Waals surface area contributed by atoms with Gasteiger partial charge in [-0.05, 0) is 36.4 Å². The molecule has 1 saturated heterocycles. The third-order valence-corrected chi connectivity index (χ3v) is 5.28. The zero-order valence-electron chi connectivity index (χ0n) is 14.1. The molecule has 0 radical (unpaired) electrons. The lowest BCUT2D eigenvalue weighted by Gasteiger charge is -2.32. The smallest absolute Gasteiger partial charge is 0.253 e. The standard InChI is InChI=1S/C19H18N4O2S/c24-17-10-16(15-5-9-26-12-15)21-18(22-17)14-2-1-8-23(11-14)19(25)13-3-6-20-7-4-13/h3-7,9-10,12,14H,1-2,8,11H2,(H,21,22,24)/t14-/m0/s1. The van der Waals surface area contributed by atoms with E-state index in [1.807, 2.05) is 21.7 Å². The minimum absolute atomic E-state index is 0.00608. The Labute approximate surface area is 154 Å². The second-order valence-corrected chi connectivity index (χ2v) is 7.13.